The Labute approximate surface area is 43.6 Å². The molecule has 0 aromatic rings. The molecule has 0 amide bonds. The highest BCUT2D eigenvalue weighted by atomic mass is 29.4. The Balaban J connectivity index is 2.60. The molecular weight excluding hydrogens is 120 g/mol. The maximum Gasteiger partial charge on any atom is 0.0605 e. The first-order chi connectivity index (χ1) is 2.89. The normalized spacial score (nSPS) is 29.2. The predicted octanol–water partition coefficient (Wildman–Crippen LogP) is -0.806. The highest BCUT2D eigenvalue weighted by Gasteiger charge is 1.92. The number of hydrogen-bond donors (Lipinski definition) is 0. The van der Waals surface area contributed by atoms with E-state index in [2.05, 4.69) is 17.9 Å². The Morgan fingerprint density at radius 1 is 1.67 bits per heavy atom. The van der Waals surface area contributed by atoms with Crippen molar-refractivity contribution in [1.29, 1.82) is 0 Å². The first-order valence-corrected chi connectivity index (χ1v) is 10.1. The second-order valence-corrected chi connectivity index (χ2v) is 13.8. The average Bonchev–Trinajstić information content (AvgIpc) is 1.86. The molecule has 0 radical (unpaired) electrons. The predicted molar refractivity (Wildman–Crippen MR) is 36.5 cm³/mol. The van der Waals surface area contributed by atoms with Crippen molar-refractivity contribution in [3.8, 4) is 0 Å². The smallest absolute Gasteiger partial charge is 0.0605 e. The zero-order chi connectivity index (χ0) is 4.41. The van der Waals surface area contributed by atoms with Gasteiger partial charge in [-0.15, -0.1) is 5.70 Å². The van der Waals surface area contributed by atoms with Gasteiger partial charge in [-0.3, -0.25) is 0 Å². The molecule has 1 unspecified atom stereocenters. The van der Waals surface area contributed by atoms with E-state index < -0.39 is 0 Å². The zero-order valence-electron chi connectivity index (χ0n) is 3.89. The summed E-state index contributed by atoms with van der Waals surface area (Å²) in [5, 5.41) is 0. The molecule has 0 N–H and O–H groups in total. The minimum Gasteiger partial charge on any atom is -0.103 e. The molecule has 0 fully saturated rings. The van der Waals surface area contributed by atoms with Gasteiger partial charge in [0.1, 0.15) is 0 Å². The van der Waals surface area contributed by atoms with Gasteiger partial charge < -0.3 is 0 Å². The van der Waals surface area contributed by atoms with E-state index in [0.29, 0.717) is 0 Å². The van der Waals surface area contributed by atoms with E-state index in [1.807, 2.05) is 0 Å². The van der Waals surface area contributed by atoms with Crippen LogP contribution in [-0.4, -0.2) is 25.1 Å². The van der Waals surface area contributed by atoms with Crippen LogP contribution in [0.15, 0.2) is 11.4 Å². The van der Waals surface area contributed by atoms with Crippen LogP contribution < -0.4 is 0 Å². The molecule has 1 atom stereocenters. The Kier molecular flexibility index (Phi) is 1.44. The van der Waals surface area contributed by atoms with Crippen LogP contribution >= 0.6 is 0 Å². The summed E-state index contributed by atoms with van der Waals surface area (Å²) < 4.78 is 0. The summed E-state index contributed by atoms with van der Waals surface area (Å²) >= 11 is 0. The van der Waals surface area contributed by atoms with Crippen molar-refractivity contribution in [2.24, 2.45) is 0 Å². The molecule has 0 aliphatic carbocycles. The average molecular weight is 128 g/mol. The summed E-state index contributed by atoms with van der Waals surface area (Å²) in [5.41, 5.74) is 4.93. The molecule has 6 heavy (non-hydrogen) atoms. The van der Waals surface area contributed by atoms with Crippen LogP contribution in [-0.2, 0) is 0 Å². The van der Waals surface area contributed by atoms with Crippen molar-refractivity contribution in [3.63, 3.8) is 0 Å². The fourth-order valence-electron chi connectivity index (χ4n) is 0.543. The molecule has 0 saturated heterocycles. The molecule has 0 aromatic heterocycles. The molecule has 1 heterocycles. The van der Waals surface area contributed by atoms with Gasteiger partial charge in [-0.2, -0.15) is 0 Å². The van der Waals surface area contributed by atoms with Crippen molar-refractivity contribution < 1.29 is 0 Å². The molecule has 3 heteroatoms. The first-order valence-electron chi connectivity index (χ1n) is 2.24. The molecule has 0 saturated carbocycles. The molecule has 1 rings (SSSR count). The Bertz CT molecular complexity index is 82.2. The lowest BCUT2D eigenvalue weighted by molar-refractivity contribution is 2.22. The summed E-state index contributed by atoms with van der Waals surface area (Å²) in [5.74, 6) is 0. The lowest BCUT2D eigenvalue weighted by Crippen LogP contribution is -2.03. The van der Waals surface area contributed by atoms with E-state index in [1.165, 1.54) is 0 Å². The lowest BCUT2D eigenvalue weighted by Gasteiger charge is -1.80. The van der Waals surface area contributed by atoms with Crippen molar-refractivity contribution in [2.45, 2.75) is 6.55 Å². The highest BCUT2D eigenvalue weighted by Crippen LogP contribution is 1.80. The first kappa shape index (κ1) is 4.55. The zero-order valence-corrected chi connectivity index (χ0v) is 7.35. The Morgan fingerprint density at radius 2 is 2.50 bits per heavy atom. The summed E-state index contributed by atoms with van der Waals surface area (Å²) in [7, 11) is 1.73. The van der Waals surface area contributed by atoms with E-state index in [-0.39, 0.29) is 8.31 Å². The van der Waals surface area contributed by atoms with E-state index >= 15 is 0 Å². The third-order valence-electron chi connectivity index (χ3n) is 0.940. The van der Waals surface area contributed by atoms with Crippen molar-refractivity contribution in [3.05, 3.63) is 11.4 Å². The van der Waals surface area contributed by atoms with E-state index in [0.717, 1.165) is 16.7 Å². The van der Waals surface area contributed by atoms with Crippen LogP contribution in [0.2, 0.25) is 6.55 Å². The standard InChI is InChI=1S/C3H8Si3/c1-6-3-2-4-5-6/h2-6H,1H3. The lowest BCUT2D eigenvalue weighted by atomic mass is 11.2. The molecular formula is C3H8Si3. The van der Waals surface area contributed by atoms with Crippen LogP contribution in [0.1, 0.15) is 0 Å². The summed E-state index contributed by atoms with van der Waals surface area (Å²) in [6, 6.07) is 0. The Hall–Kier alpha value is 0.391. The molecule has 0 bridgehead atoms. The minimum atomic E-state index is -0.110. The quantitative estimate of drug-likeness (QED) is 0.375. The maximum absolute atomic E-state index is 2.49. The number of rotatable bonds is 0. The number of hydrogen-bond acceptors (Lipinski definition) is 0. The van der Waals surface area contributed by atoms with Gasteiger partial charge in [-0.05, 0) is 16.7 Å². The van der Waals surface area contributed by atoms with Gasteiger partial charge in [0.15, 0.2) is 0 Å². The van der Waals surface area contributed by atoms with Crippen molar-refractivity contribution in [1.82, 2.24) is 0 Å². The van der Waals surface area contributed by atoms with Crippen LogP contribution in [0, 0.1) is 0 Å². The second-order valence-electron chi connectivity index (χ2n) is 1.63. The summed E-state index contributed by atoms with van der Waals surface area (Å²) in [4.78, 5) is 0. The fraction of sp³-hybridized carbons (Fsp3) is 0.333. The highest BCUT2D eigenvalue weighted by molar-refractivity contribution is 7.24. The van der Waals surface area contributed by atoms with Crippen LogP contribution in [0.5, 0.6) is 0 Å². The molecule has 0 spiro atoms. The molecule has 1 aliphatic heterocycles. The summed E-state index contributed by atoms with van der Waals surface area (Å²) in [6.07, 6.45) is 0. The maximum atomic E-state index is 2.49. The largest absolute Gasteiger partial charge is 0.103 e. The third-order valence-corrected chi connectivity index (χ3v) is 14.8. The minimum absolute atomic E-state index is 0.110. The SMILES string of the molecule is C[SiH]1C=C[SiH]=[SiH]1. The van der Waals surface area contributed by atoms with Gasteiger partial charge in [0.2, 0.25) is 0 Å². The summed E-state index contributed by atoms with van der Waals surface area (Å²) in [6.45, 7) is 2.45. The molecule has 0 nitrogen and oxygen atoms in total. The Morgan fingerprint density at radius 3 is 2.67 bits per heavy atom. The third kappa shape index (κ3) is 0.924. The van der Waals surface area contributed by atoms with E-state index in [4.69, 9.17) is 0 Å². The van der Waals surface area contributed by atoms with Crippen LogP contribution in [0.25, 0.3) is 0 Å². The molecule has 32 valence electrons. The van der Waals surface area contributed by atoms with Crippen LogP contribution in [0.4, 0.5) is 0 Å². The topological polar surface area (TPSA) is 0 Å². The van der Waals surface area contributed by atoms with Gasteiger partial charge in [0.05, 0.1) is 8.31 Å². The van der Waals surface area contributed by atoms with Crippen molar-refractivity contribution in [2.75, 3.05) is 0 Å². The second kappa shape index (κ2) is 1.90. The monoisotopic (exact) mass is 128 g/mol. The van der Waals surface area contributed by atoms with Gasteiger partial charge in [0, 0.05) is 0 Å². The molecule has 1 aliphatic rings. The van der Waals surface area contributed by atoms with E-state index in [9.17, 15) is 0 Å². The molecule has 0 aromatic carbocycles. The van der Waals surface area contributed by atoms with Gasteiger partial charge >= 0.3 is 0 Å². The van der Waals surface area contributed by atoms with Gasteiger partial charge in [-0.25, -0.2) is 0 Å². The van der Waals surface area contributed by atoms with Gasteiger partial charge in [0.25, 0.3) is 0 Å². The van der Waals surface area contributed by atoms with E-state index in [1.54, 1.807) is 0 Å². The van der Waals surface area contributed by atoms with Crippen molar-refractivity contribution >= 4 is 25.1 Å². The fourth-order valence-corrected chi connectivity index (χ4v) is 12.7. The van der Waals surface area contributed by atoms with Gasteiger partial charge in [-0.1, -0.05) is 12.2 Å². The van der Waals surface area contributed by atoms with Crippen LogP contribution in [0.3, 0.4) is 0 Å².